The van der Waals surface area contributed by atoms with Gasteiger partial charge in [0.05, 0.1) is 6.54 Å². The van der Waals surface area contributed by atoms with Crippen molar-refractivity contribution in [1.29, 1.82) is 0 Å². The number of likely N-dealkylation sites (N-methyl/N-ethyl adjacent to an activating group) is 1. The molecule has 0 saturated carbocycles. The number of hydrogen-bond acceptors (Lipinski definition) is 5. The van der Waals surface area contributed by atoms with Gasteiger partial charge in [0.25, 0.3) is 5.91 Å². The van der Waals surface area contributed by atoms with Crippen LogP contribution in [0.1, 0.15) is 10.4 Å². The van der Waals surface area contributed by atoms with Gasteiger partial charge in [0.15, 0.2) is 0 Å². The topological polar surface area (TPSA) is 75.9 Å². The third-order valence-electron chi connectivity index (χ3n) is 3.44. The molecule has 1 N–H and O–H groups in total. The van der Waals surface area contributed by atoms with E-state index < -0.39 is 0 Å². The molecule has 0 saturated heterocycles. The van der Waals surface area contributed by atoms with Crippen LogP contribution in [0.4, 0.5) is 5.95 Å². The van der Waals surface area contributed by atoms with Crippen molar-refractivity contribution in [2.45, 2.75) is 6.54 Å². The van der Waals surface area contributed by atoms with Gasteiger partial charge < -0.3 is 4.90 Å². The minimum Gasteiger partial charge on any atom is -0.308 e. The Morgan fingerprint density at radius 1 is 1.26 bits per heavy atom. The maximum atomic E-state index is 12.3. The summed E-state index contributed by atoms with van der Waals surface area (Å²) >= 11 is 0. The molecule has 0 aliphatic heterocycles. The summed E-state index contributed by atoms with van der Waals surface area (Å²) in [5, 5.41) is 8.93. The maximum Gasteiger partial charge on any atom is 0.258 e. The number of carbonyl (C=O) groups is 1. The van der Waals surface area contributed by atoms with E-state index in [0.717, 1.165) is 23.9 Å². The first-order chi connectivity index (χ1) is 11.1. The van der Waals surface area contributed by atoms with Gasteiger partial charge in [-0.2, -0.15) is 0 Å². The molecule has 0 radical (unpaired) electrons. The number of rotatable bonds is 5. The summed E-state index contributed by atoms with van der Waals surface area (Å²) in [6.07, 6.45) is 5.09. The molecule has 0 atom stereocenters. The average molecular weight is 310 g/mol. The zero-order valence-corrected chi connectivity index (χ0v) is 13.1. The molecule has 0 bridgehead atoms. The van der Waals surface area contributed by atoms with Crippen LogP contribution in [0.3, 0.4) is 0 Å². The van der Waals surface area contributed by atoms with E-state index in [-0.39, 0.29) is 5.91 Å². The molecule has 7 nitrogen and oxygen atoms in total. The number of pyridine rings is 1. The van der Waals surface area contributed by atoms with E-state index in [0.29, 0.717) is 11.5 Å². The molecular weight excluding hydrogens is 292 g/mol. The first-order valence-electron chi connectivity index (χ1n) is 7.31. The SMILES string of the molecule is CN(C)CCn1cnc(NC(=O)c2ccc3cnccc3c2)n1. The molecule has 118 valence electrons. The lowest BCUT2D eigenvalue weighted by Crippen LogP contribution is -2.19. The first-order valence-corrected chi connectivity index (χ1v) is 7.31. The number of benzene rings is 1. The number of aromatic nitrogens is 4. The molecule has 3 aromatic rings. The summed E-state index contributed by atoms with van der Waals surface area (Å²) < 4.78 is 1.71. The lowest BCUT2D eigenvalue weighted by atomic mass is 10.1. The molecule has 0 spiro atoms. The van der Waals surface area contributed by atoms with Crippen LogP contribution in [-0.4, -0.2) is 51.2 Å². The van der Waals surface area contributed by atoms with Gasteiger partial charge in [0.2, 0.25) is 5.95 Å². The van der Waals surface area contributed by atoms with Crippen LogP contribution in [-0.2, 0) is 6.54 Å². The molecule has 3 rings (SSSR count). The normalized spacial score (nSPS) is 11.1. The Balaban J connectivity index is 1.70. The first kappa shape index (κ1) is 15.1. The highest BCUT2D eigenvalue weighted by Crippen LogP contribution is 2.15. The van der Waals surface area contributed by atoms with Crippen LogP contribution in [0.15, 0.2) is 43.0 Å². The second kappa shape index (κ2) is 6.53. The van der Waals surface area contributed by atoms with E-state index in [1.807, 2.05) is 32.3 Å². The van der Waals surface area contributed by atoms with Gasteiger partial charge in [0.1, 0.15) is 6.33 Å². The van der Waals surface area contributed by atoms with Crippen molar-refractivity contribution < 1.29 is 4.79 Å². The van der Waals surface area contributed by atoms with Crippen molar-refractivity contribution in [3.63, 3.8) is 0 Å². The molecule has 0 fully saturated rings. The van der Waals surface area contributed by atoms with Crippen molar-refractivity contribution in [3.8, 4) is 0 Å². The van der Waals surface area contributed by atoms with Gasteiger partial charge in [-0.05, 0) is 37.7 Å². The average Bonchev–Trinajstić information content (AvgIpc) is 3.00. The van der Waals surface area contributed by atoms with Gasteiger partial charge in [-0.15, -0.1) is 5.10 Å². The van der Waals surface area contributed by atoms with E-state index in [1.165, 1.54) is 0 Å². The van der Waals surface area contributed by atoms with Crippen LogP contribution in [0.25, 0.3) is 10.8 Å². The molecule has 23 heavy (non-hydrogen) atoms. The number of carbonyl (C=O) groups excluding carboxylic acids is 1. The third-order valence-corrected chi connectivity index (χ3v) is 3.44. The van der Waals surface area contributed by atoms with Crippen LogP contribution in [0, 0.1) is 0 Å². The van der Waals surface area contributed by atoms with Crippen molar-refractivity contribution in [1.82, 2.24) is 24.6 Å². The smallest absolute Gasteiger partial charge is 0.258 e. The van der Waals surface area contributed by atoms with Crippen molar-refractivity contribution >= 4 is 22.6 Å². The lowest BCUT2D eigenvalue weighted by Gasteiger charge is -2.08. The Morgan fingerprint density at radius 3 is 2.96 bits per heavy atom. The van der Waals surface area contributed by atoms with Gasteiger partial charge in [-0.25, -0.2) is 9.67 Å². The van der Waals surface area contributed by atoms with E-state index in [4.69, 9.17) is 0 Å². The Bertz CT molecular complexity index is 826. The number of anilines is 1. The number of fused-ring (bicyclic) bond motifs is 1. The monoisotopic (exact) mass is 310 g/mol. The Morgan fingerprint density at radius 2 is 2.13 bits per heavy atom. The molecule has 1 aromatic carbocycles. The molecule has 7 heteroatoms. The molecule has 0 unspecified atom stereocenters. The standard InChI is InChI=1S/C16H18N6O/c1-21(2)7-8-22-11-18-16(20-22)19-15(23)13-3-4-14-10-17-6-5-12(14)9-13/h3-6,9-11H,7-8H2,1-2H3,(H,19,20,23). The summed E-state index contributed by atoms with van der Waals surface area (Å²) in [6, 6.07) is 7.35. The van der Waals surface area contributed by atoms with Crippen molar-refractivity contribution in [3.05, 3.63) is 48.5 Å². The Kier molecular flexibility index (Phi) is 4.29. The Hall–Kier alpha value is -2.80. The second-order valence-corrected chi connectivity index (χ2v) is 5.53. The quantitative estimate of drug-likeness (QED) is 0.775. The summed E-state index contributed by atoms with van der Waals surface area (Å²) in [4.78, 5) is 22.5. The summed E-state index contributed by atoms with van der Waals surface area (Å²) in [5.41, 5.74) is 0.563. The van der Waals surface area contributed by atoms with E-state index >= 15 is 0 Å². The fourth-order valence-corrected chi connectivity index (χ4v) is 2.16. The number of amides is 1. The van der Waals surface area contributed by atoms with Gasteiger partial charge >= 0.3 is 0 Å². The van der Waals surface area contributed by atoms with Crippen molar-refractivity contribution in [2.24, 2.45) is 0 Å². The van der Waals surface area contributed by atoms with Crippen LogP contribution in [0.2, 0.25) is 0 Å². The minimum atomic E-state index is -0.228. The molecule has 2 aromatic heterocycles. The second-order valence-electron chi connectivity index (χ2n) is 5.53. The fraction of sp³-hybridized carbons (Fsp3) is 0.250. The molecule has 0 aliphatic carbocycles. The summed E-state index contributed by atoms with van der Waals surface area (Å²) in [5.74, 6) is 0.0812. The predicted octanol–water partition coefficient (Wildman–Crippen LogP) is 1.64. The van der Waals surface area contributed by atoms with Crippen molar-refractivity contribution in [2.75, 3.05) is 26.0 Å². The zero-order valence-electron chi connectivity index (χ0n) is 13.1. The Labute approximate surface area is 134 Å². The van der Waals surface area contributed by atoms with E-state index in [9.17, 15) is 4.79 Å². The molecule has 0 aliphatic rings. The van der Waals surface area contributed by atoms with Gasteiger partial charge in [-0.3, -0.25) is 15.1 Å². The summed E-state index contributed by atoms with van der Waals surface area (Å²) in [7, 11) is 3.99. The third kappa shape index (κ3) is 3.70. The number of nitrogens with one attached hydrogen (secondary N) is 1. The van der Waals surface area contributed by atoms with E-state index in [2.05, 4.69) is 25.3 Å². The lowest BCUT2D eigenvalue weighted by molar-refractivity contribution is 0.102. The van der Waals surface area contributed by atoms with Crippen LogP contribution >= 0.6 is 0 Å². The highest BCUT2D eigenvalue weighted by atomic mass is 16.1. The summed E-state index contributed by atoms with van der Waals surface area (Å²) in [6.45, 7) is 1.58. The molecule has 2 heterocycles. The minimum absolute atomic E-state index is 0.228. The highest BCUT2D eigenvalue weighted by molar-refractivity contribution is 6.05. The predicted molar refractivity (Wildman–Crippen MR) is 88.3 cm³/mol. The number of nitrogens with zero attached hydrogens (tertiary/aromatic N) is 5. The maximum absolute atomic E-state index is 12.3. The number of hydrogen-bond donors (Lipinski definition) is 1. The van der Waals surface area contributed by atoms with E-state index in [1.54, 1.807) is 29.5 Å². The molecular formula is C16H18N6O. The van der Waals surface area contributed by atoms with Crippen LogP contribution in [0.5, 0.6) is 0 Å². The van der Waals surface area contributed by atoms with Crippen LogP contribution < -0.4 is 5.32 Å². The molecule has 1 amide bonds. The van der Waals surface area contributed by atoms with Gasteiger partial charge in [-0.1, -0.05) is 6.07 Å². The largest absolute Gasteiger partial charge is 0.308 e. The fourth-order valence-electron chi connectivity index (χ4n) is 2.16. The zero-order chi connectivity index (χ0) is 16.2. The highest BCUT2D eigenvalue weighted by Gasteiger charge is 2.10. The van der Waals surface area contributed by atoms with Gasteiger partial charge in [0, 0.05) is 29.9 Å².